The number of benzene rings is 1. The lowest BCUT2D eigenvalue weighted by Gasteiger charge is -2.33. The van der Waals surface area contributed by atoms with Gasteiger partial charge in [-0.05, 0) is 67.7 Å². The minimum atomic E-state index is -0.130. The van der Waals surface area contributed by atoms with Gasteiger partial charge in [-0.1, -0.05) is 26.8 Å². The van der Waals surface area contributed by atoms with Crippen molar-refractivity contribution in [1.29, 1.82) is 5.26 Å². The third-order valence-electron chi connectivity index (χ3n) is 5.83. The van der Waals surface area contributed by atoms with Crippen LogP contribution in [0.5, 0.6) is 11.5 Å². The molecule has 1 heterocycles. The normalized spacial score (nSPS) is 15.7. The predicted molar refractivity (Wildman–Crippen MR) is 125 cm³/mol. The number of nitrogens with zero attached hydrogens (tertiary/aromatic N) is 1. The molecule has 1 atom stereocenters. The second-order valence-corrected chi connectivity index (χ2v) is 10.1. The monoisotopic (exact) mass is 440 g/mol. The first-order chi connectivity index (χ1) is 14.8. The van der Waals surface area contributed by atoms with Gasteiger partial charge >= 0.3 is 0 Å². The van der Waals surface area contributed by atoms with Gasteiger partial charge in [-0.15, -0.1) is 11.3 Å². The van der Waals surface area contributed by atoms with Crippen LogP contribution in [0.4, 0.5) is 5.00 Å². The maximum Gasteiger partial charge on any atom is 0.229 e. The molecule has 1 N–H and O–H groups in total. The fourth-order valence-electron chi connectivity index (χ4n) is 4.09. The van der Waals surface area contributed by atoms with Crippen molar-refractivity contribution < 1.29 is 14.3 Å². The van der Waals surface area contributed by atoms with E-state index in [4.69, 9.17) is 9.47 Å². The molecule has 0 saturated carbocycles. The van der Waals surface area contributed by atoms with Crippen molar-refractivity contribution in [2.24, 2.45) is 11.3 Å². The average Bonchev–Trinajstić information content (AvgIpc) is 3.05. The first-order valence-electron chi connectivity index (χ1n) is 11.0. The van der Waals surface area contributed by atoms with Crippen LogP contribution in [-0.4, -0.2) is 19.1 Å². The lowest BCUT2D eigenvalue weighted by Crippen LogP contribution is -2.26. The van der Waals surface area contributed by atoms with E-state index in [0.717, 1.165) is 30.4 Å². The van der Waals surface area contributed by atoms with E-state index >= 15 is 0 Å². The number of thiophene rings is 1. The maximum atomic E-state index is 12.8. The Labute approximate surface area is 189 Å². The van der Waals surface area contributed by atoms with Crippen LogP contribution in [0.1, 0.15) is 62.6 Å². The summed E-state index contributed by atoms with van der Waals surface area (Å²) in [6.45, 7) is 11.7. The largest absolute Gasteiger partial charge is 0.490 e. The SMILES string of the molecule is CCOc1ccc(CC(=O)Nc2sc3c(c2C#N)CC[C@@H](C(C)(C)C)C3)cc1OCC. The molecule has 1 aromatic carbocycles. The van der Waals surface area contributed by atoms with Crippen molar-refractivity contribution in [2.75, 3.05) is 18.5 Å². The third-order valence-corrected chi connectivity index (χ3v) is 7.00. The Balaban J connectivity index is 1.75. The van der Waals surface area contributed by atoms with Gasteiger partial charge in [0.05, 0.1) is 25.2 Å². The number of rotatable bonds is 7. The van der Waals surface area contributed by atoms with E-state index in [-0.39, 0.29) is 17.7 Å². The predicted octanol–water partition coefficient (Wildman–Crippen LogP) is 5.75. The Morgan fingerprint density at radius 1 is 1.23 bits per heavy atom. The molecule has 6 heteroatoms. The van der Waals surface area contributed by atoms with Crippen LogP contribution >= 0.6 is 11.3 Å². The Hall–Kier alpha value is -2.52. The molecular weight excluding hydrogens is 408 g/mol. The lowest BCUT2D eigenvalue weighted by molar-refractivity contribution is -0.115. The summed E-state index contributed by atoms with van der Waals surface area (Å²) in [7, 11) is 0. The van der Waals surface area contributed by atoms with Crippen LogP contribution in [0, 0.1) is 22.7 Å². The molecular formula is C25H32N2O3S. The van der Waals surface area contributed by atoms with Crippen molar-refractivity contribution >= 4 is 22.2 Å². The summed E-state index contributed by atoms with van der Waals surface area (Å²) in [5.74, 6) is 1.79. The van der Waals surface area contributed by atoms with Crippen molar-refractivity contribution in [3.63, 3.8) is 0 Å². The minimum absolute atomic E-state index is 0.130. The van der Waals surface area contributed by atoms with Crippen LogP contribution in [-0.2, 0) is 24.1 Å². The molecule has 0 spiro atoms. The summed E-state index contributed by atoms with van der Waals surface area (Å²) < 4.78 is 11.3. The topological polar surface area (TPSA) is 71.3 Å². The van der Waals surface area contributed by atoms with Crippen molar-refractivity contribution in [3.8, 4) is 17.6 Å². The quantitative estimate of drug-likeness (QED) is 0.595. The van der Waals surface area contributed by atoms with E-state index in [0.29, 0.717) is 41.2 Å². The summed E-state index contributed by atoms with van der Waals surface area (Å²) in [6, 6.07) is 7.91. The Bertz CT molecular complexity index is 982. The molecule has 0 aliphatic heterocycles. The van der Waals surface area contributed by atoms with Crippen LogP contribution in [0.2, 0.25) is 0 Å². The lowest BCUT2D eigenvalue weighted by atomic mass is 9.72. The highest BCUT2D eigenvalue weighted by atomic mass is 32.1. The number of nitrogens with one attached hydrogen (secondary N) is 1. The van der Waals surface area contributed by atoms with Gasteiger partial charge in [0.2, 0.25) is 5.91 Å². The summed E-state index contributed by atoms with van der Waals surface area (Å²) in [4.78, 5) is 14.0. The van der Waals surface area contributed by atoms with Crippen LogP contribution in [0.25, 0.3) is 0 Å². The average molecular weight is 441 g/mol. The van der Waals surface area contributed by atoms with E-state index in [1.54, 1.807) is 11.3 Å². The molecule has 1 aromatic heterocycles. The molecule has 0 bridgehead atoms. The van der Waals surface area contributed by atoms with Gasteiger partial charge in [0.25, 0.3) is 0 Å². The van der Waals surface area contributed by atoms with Crippen molar-refractivity contribution in [3.05, 3.63) is 39.8 Å². The second kappa shape index (κ2) is 9.74. The molecule has 2 aromatic rings. The molecule has 166 valence electrons. The van der Waals surface area contributed by atoms with Crippen molar-refractivity contribution in [2.45, 2.75) is 60.3 Å². The summed E-state index contributed by atoms with van der Waals surface area (Å²) in [5.41, 5.74) is 2.85. The fraction of sp³-hybridized carbons (Fsp3) is 0.520. The van der Waals surface area contributed by atoms with Gasteiger partial charge in [0.15, 0.2) is 11.5 Å². The zero-order chi connectivity index (χ0) is 22.6. The van der Waals surface area contributed by atoms with E-state index in [9.17, 15) is 10.1 Å². The molecule has 31 heavy (non-hydrogen) atoms. The van der Waals surface area contributed by atoms with Gasteiger partial charge in [0, 0.05) is 4.88 Å². The molecule has 0 radical (unpaired) electrons. The molecule has 1 aliphatic carbocycles. The molecule has 3 rings (SSSR count). The highest BCUT2D eigenvalue weighted by Gasteiger charge is 2.32. The molecule has 1 amide bonds. The van der Waals surface area contributed by atoms with E-state index in [2.05, 4.69) is 32.2 Å². The van der Waals surface area contributed by atoms with E-state index in [1.165, 1.54) is 4.88 Å². The Morgan fingerprint density at radius 3 is 2.58 bits per heavy atom. The van der Waals surface area contributed by atoms with Crippen LogP contribution in [0.15, 0.2) is 18.2 Å². The molecule has 0 fully saturated rings. The number of carbonyl (C=O) groups is 1. The molecule has 0 saturated heterocycles. The zero-order valence-corrected chi connectivity index (χ0v) is 19.9. The molecule has 0 unspecified atom stereocenters. The van der Waals surface area contributed by atoms with Gasteiger partial charge in [-0.3, -0.25) is 4.79 Å². The molecule has 5 nitrogen and oxygen atoms in total. The highest BCUT2D eigenvalue weighted by molar-refractivity contribution is 7.16. The van der Waals surface area contributed by atoms with Gasteiger partial charge in [-0.2, -0.15) is 5.26 Å². The smallest absolute Gasteiger partial charge is 0.229 e. The summed E-state index contributed by atoms with van der Waals surface area (Å²) in [6.07, 6.45) is 3.18. The van der Waals surface area contributed by atoms with Crippen molar-refractivity contribution in [1.82, 2.24) is 0 Å². The molecule has 1 aliphatic rings. The Kier molecular flexibility index (Phi) is 7.27. The van der Waals surface area contributed by atoms with Crippen LogP contribution in [0.3, 0.4) is 0 Å². The number of fused-ring (bicyclic) bond motifs is 1. The summed E-state index contributed by atoms with van der Waals surface area (Å²) >= 11 is 1.57. The number of anilines is 1. The first kappa shape index (κ1) is 23.1. The third kappa shape index (κ3) is 5.40. The first-order valence-corrected chi connectivity index (χ1v) is 11.8. The van der Waals surface area contributed by atoms with E-state index < -0.39 is 0 Å². The van der Waals surface area contributed by atoms with Gasteiger partial charge in [-0.25, -0.2) is 0 Å². The van der Waals surface area contributed by atoms with Crippen LogP contribution < -0.4 is 14.8 Å². The number of ether oxygens (including phenoxy) is 2. The van der Waals surface area contributed by atoms with Gasteiger partial charge < -0.3 is 14.8 Å². The standard InChI is InChI=1S/C25H32N2O3S/c1-6-29-20-11-8-16(12-21(20)30-7-2)13-23(28)27-24-19(15-26)18-10-9-17(25(3,4)5)14-22(18)31-24/h8,11-12,17H,6-7,9-10,13-14H2,1-5H3,(H,27,28)/t17-/m1/s1. The second-order valence-electron chi connectivity index (χ2n) is 9.00. The Morgan fingerprint density at radius 2 is 1.94 bits per heavy atom. The number of carbonyl (C=O) groups excluding carboxylic acids is 1. The number of hydrogen-bond donors (Lipinski definition) is 1. The van der Waals surface area contributed by atoms with Gasteiger partial charge in [0.1, 0.15) is 11.1 Å². The number of nitriles is 1. The highest BCUT2D eigenvalue weighted by Crippen LogP contribution is 2.44. The fourth-order valence-corrected chi connectivity index (χ4v) is 5.39. The van der Waals surface area contributed by atoms with E-state index in [1.807, 2.05) is 32.0 Å². The number of hydrogen-bond acceptors (Lipinski definition) is 5. The maximum absolute atomic E-state index is 12.8. The number of amides is 1. The summed E-state index contributed by atoms with van der Waals surface area (Å²) in [5, 5.41) is 13.4. The minimum Gasteiger partial charge on any atom is -0.490 e. The zero-order valence-electron chi connectivity index (χ0n) is 19.1.